The van der Waals surface area contributed by atoms with E-state index in [0.29, 0.717) is 36.8 Å². The van der Waals surface area contributed by atoms with Crippen LogP contribution < -0.4 is 0 Å². The normalized spacial score (nSPS) is 32.7. The highest BCUT2D eigenvalue weighted by atomic mass is 79.9. The lowest BCUT2D eigenvalue weighted by Gasteiger charge is -2.37. The lowest BCUT2D eigenvalue weighted by molar-refractivity contribution is -0.164. The molecule has 0 radical (unpaired) electrons. The molecule has 250 valence electrons. The van der Waals surface area contributed by atoms with Crippen LogP contribution in [0.2, 0.25) is 0 Å². The van der Waals surface area contributed by atoms with E-state index < -0.39 is 47.7 Å². The van der Waals surface area contributed by atoms with Gasteiger partial charge in [0.25, 0.3) is 0 Å². The largest absolute Gasteiger partial charge is 0.455 e. The zero-order valence-corrected chi connectivity index (χ0v) is 28.7. The second-order valence-electron chi connectivity index (χ2n) is 13.1. The highest BCUT2D eigenvalue weighted by molar-refractivity contribution is 9.11. The number of unbranched alkanes of at least 4 members (excludes halogenated alkanes) is 3. The third-order valence-electron chi connectivity index (χ3n) is 9.95. The van der Waals surface area contributed by atoms with E-state index in [1.54, 1.807) is 21.7 Å². The van der Waals surface area contributed by atoms with Gasteiger partial charge in [-0.25, -0.2) is 0 Å². The standard InChI is InChI=1S/C35H46BrN3O7/c1-22(2)38-18-13-8-11-17-26(41)37(4)23(3)29(24-15-9-7-10-16-24)45-34(44)27-28-32(42)39(19-12-5-6-14-20-40)31(33(38)43)35(28)21-25(36)30(27)46-35/h7-10,13,15-16,21-23,27-31,40H,5-6,11-12,14,17-20H2,1-4H3/b13-8-/t23-,27+,28-,29+,30+,31+,35-/m0/s1. The average Bonchev–Trinajstić information content (AvgIpc) is 3.63. The molecule has 5 rings (SSSR count). The van der Waals surface area contributed by atoms with Crippen molar-refractivity contribution in [1.82, 2.24) is 14.7 Å². The third-order valence-corrected chi connectivity index (χ3v) is 10.6. The Bertz CT molecular complexity index is 1370. The number of rotatable bonds is 8. The van der Waals surface area contributed by atoms with Crippen LogP contribution >= 0.6 is 15.9 Å². The first-order valence-corrected chi connectivity index (χ1v) is 17.3. The van der Waals surface area contributed by atoms with Crippen LogP contribution in [0, 0.1) is 11.8 Å². The number of nitrogens with zero attached hydrogens (tertiary/aromatic N) is 3. The molecule has 7 atom stereocenters. The summed E-state index contributed by atoms with van der Waals surface area (Å²) in [6.07, 6.45) is 7.75. The van der Waals surface area contributed by atoms with Gasteiger partial charge in [0.15, 0.2) is 0 Å². The average molecular weight is 701 g/mol. The molecule has 1 aromatic rings. The van der Waals surface area contributed by atoms with Gasteiger partial charge in [0.05, 0.1) is 12.0 Å². The van der Waals surface area contributed by atoms with Crippen molar-refractivity contribution in [3.05, 3.63) is 58.6 Å². The Labute approximate surface area is 279 Å². The van der Waals surface area contributed by atoms with Crippen LogP contribution in [0.3, 0.4) is 0 Å². The second kappa shape index (κ2) is 14.4. The number of aliphatic hydroxyl groups excluding tert-OH is 1. The first-order valence-electron chi connectivity index (χ1n) is 16.5. The van der Waals surface area contributed by atoms with Gasteiger partial charge in [-0.15, -0.1) is 0 Å². The molecule has 4 aliphatic rings. The fourth-order valence-electron chi connectivity index (χ4n) is 7.38. The number of esters is 1. The highest BCUT2D eigenvalue weighted by Crippen LogP contribution is 2.59. The third kappa shape index (κ3) is 6.30. The predicted octanol–water partition coefficient (Wildman–Crippen LogP) is 4.13. The molecule has 4 aliphatic heterocycles. The van der Waals surface area contributed by atoms with Crippen molar-refractivity contribution >= 4 is 39.6 Å². The van der Waals surface area contributed by atoms with Crippen LogP contribution in [0.1, 0.15) is 71.0 Å². The number of fused-ring (bicyclic) bond motifs is 2. The van der Waals surface area contributed by atoms with Crippen molar-refractivity contribution in [3.8, 4) is 0 Å². The number of cyclic esters (lactones) is 1. The number of benzene rings is 1. The van der Waals surface area contributed by atoms with Crippen molar-refractivity contribution < 1.29 is 33.8 Å². The zero-order chi connectivity index (χ0) is 33.2. The van der Waals surface area contributed by atoms with Crippen molar-refractivity contribution in [1.29, 1.82) is 0 Å². The number of allylic oxidation sites excluding steroid dienone is 1. The monoisotopic (exact) mass is 699 g/mol. The second-order valence-corrected chi connectivity index (χ2v) is 14.0. The smallest absolute Gasteiger partial charge is 0.313 e. The summed E-state index contributed by atoms with van der Waals surface area (Å²) in [6.45, 7) is 6.47. The van der Waals surface area contributed by atoms with Crippen molar-refractivity contribution in [2.45, 2.75) is 95.2 Å². The molecule has 1 spiro atoms. The number of carbonyl (C=O) groups excluding carboxylic acids is 4. The van der Waals surface area contributed by atoms with Gasteiger partial charge >= 0.3 is 5.97 Å². The lowest BCUT2D eigenvalue weighted by atomic mass is 9.74. The van der Waals surface area contributed by atoms with E-state index in [9.17, 15) is 24.3 Å². The summed E-state index contributed by atoms with van der Waals surface area (Å²) >= 11 is 3.62. The number of likely N-dealkylation sites (tertiary alicyclic amines) is 1. The van der Waals surface area contributed by atoms with Crippen LogP contribution in [0.5, 0.6) is 0 Å². The van der Waals surface area contributed by atoms with Crippen molar-refractivity contribution in [2.24, 2.45) is 11.8 Å². The summed E-state index contributed by atoms with van der Waals surface area (Å²) in [5.41, 5.74) is -0.602. The Morgan fingerprint density at radius 1 is 1.00 bits per heavy atom. The van der Waals surface area contributed by atoms with Crippen LogP contribution in [0.4, 0.5) is 0 Å². The molecule has 1 aromatic carbocycles. The quantitative estimate of drug-likeness (QED) is 0.247. The first kappa shape index (κ1) is 34.3. The van der Waals surface area contributed by atoms with Gasteiger partial charge in [-0.1, -0.05) is 71.3 Å². The molecule has 46 heavy (non-hydrogen) atoms. The minimum absolute atomic E-state index is 0.0907. The minimum atomic E-state index is -1.34. The number of hydrogen-bond acceptors (Lipinski definition) is 7. The molecule has 0 aromatic heterocycles. The Morgan fingerprint density at radius 2 is 1.72 bits per heavy atom. The molecule has 4 heterocycles. The molecule has 11 heteroatoms. The summed E-state index contributed by atoms with van der Waals surface area (Å²) in [4.78, 5) is 61.6. The van der Waals surface area contributed by atoms with Crippen LogP contribution in [-0.4, -0.2) is 100 Å². The molecule has 5 bridgehead atoms. The molecule has 1 N–H and O–H groups in total. The maximum Gasteiger partial charge on any atom is 0.313 e. The number of hydrogen-bond donors (Lipinski definition) is 1. The highest BCUT2D eigenvalue weighted by Gasteiger charge is 2.75. The number of carbonyl (C=O) groups is 4. The van der Waals surface area contributed by atoms with Gasteiger partial charge in [-0.3, -0.25) is 19.2 Å². The molecule has 0 aliphatic carbocycles. The summed E-state index contributed by atoms with van der Waals surface area (Å²) < 4.78 is 13.5. The zero-order valence-electron chi connectivity index (χ0n) is 27.1. The Balaban J connectivity index is 1.58. The fraction of sp³-hybridized carbons (Fsp3) is 0.600. The number of likely N-dealkylation sites (N-methyl/N-ethyl adjacent to an activating group) is 1. The van der Waals surface area contributed by atoms with E-state index in [1.165, 1.54) is 0 Å². The molecule has 0 unspecified atom stereocenters. The number of halogens is 1. The topological polar surface area (TPSA) is 117 Å². The summed E-state index contributed by atoms with van der Waals surface area (Å²) in [7, 11) is 1.71. The summed E-state index contributed by atoms with van der Waals surface area (Å²) in [5, 5.41) is 9.23. The van der Waals surface area contributed by atoms with E-state index in [0.717, 1.165) is 18.4 Å². The van der Waals surface area contributed by atoms with Crippen molar-refractivity contribution in [2.75, 3.05) is 26.7 Å². The molecular formula is C35H46BrN3O7. The first-order chi connectivity index (χ1) is 22.0. The van der Waals surface area contributed by atoms with Gasteiger partial charge in [-0.2, -0.15) is 0 Å². The SMILES string of the molecule is CC(C)N1C/C=C\CCC(=O)N(C)[C@@H](C)[C@H](c2ccccc2)OC(=O)[C@H]2[C@@H]3O[C@@]4(C=C3Br)[C@@H]2C(=O)N(CCCCCCO)[C@@H]4C1=O. The van der Waals surface area contributed by atoms with Crippen molar-refractivity contribution in [3.63, 3.8) is 0 Å². The molecule has 2 saturated heterocycles. The molecule has 10 nitrogen and oxygen atoms in total. The Hall–Kier alpha value is -3.02. The van der Waals surface area contributed by atoms with Gasteiger partial charge < -0.3 is 29.3 Å². The van der Waals surface area contributed by atoms with Crippen LogP contribution in [0.15, 0.2) is 53.0 Å². The van der Waals surface area contributed by atoms with E-state index in [2.05, 4.69) is 15.9 Å². The molecule has 3 amide bonds. The van der Waals surface area contributed by atoms with E-state index in [-0.39, 0.29) is 36.8 Å². The maximum absolute atomic E-state index is 14.6. The van der Waals surface area contributed by atoms with Gasteiger partial charge in [0.1, 0.15) is 29.8 Å². The van der Waals surface area contributed by atoms with E-state index >= 15 is 0 Å². The molecule has 2 fully saturated rings. The fourth-order valence-corrected chi connectivity index (χ4v) is 8.11. The van der Waals surface area contributed by atoms with Gasteiger partial charge in [-0.05, 0) is 51.7 Å². The number of amides is 3. The maximum atomic E-state index is 14.6. The van der Waals surface area contributed by atoms with E-state index in [1.807, 2.05) is 69.3 Å². The van der Waals surface area contributed by atoms with Crippen LogP contribution in [-0.2, 0) is 28.7 Å². The van der Waals surface area contributed by atoms with Gasteiger partial charge in [0.2, 0.25) is 17.7 Å². The summed E-state index contributed by atoms with van der Waals surface area (Å²) in [5.74, 6) is -3.15. The van der Waals surface area contributed by atoms with Gasteiger partial charge in [0, 0.05) is 43.7 Å². The van der Waals surface area contributed by atoms with E-state index in [4.69, 9.17) is 9.47 Å². The molecular weight excluding hydrogens is 654 g/mol. The minimum Gasteiger partial charge on any atom is -0.455 e. The predicted molar refractivity (Wildman–Crippen MR) is 175 cm³/mol. The molecule has 0 saturated carbocycles. The number of ether oxygens (including phenoxy) is 2. The Morgan fingerprint density at radius 3 is 2.41 bits per heavy atom. The number of aliphatic hydroxyl groups is 1. The lowest BCUT2D eigenvalue weighted by Crippen LogP contribution is -2.57. The summed E-state index contributed by atoms with van der Waals surface area (Å²) in [6, 6.07) is 7.68. The Kier molecular flexibility index (Phi) is 10.7. The van der Waals surface area contributed by atoms with Crippen LogP contribution in [0.25, 0.3) is 0 Å².